The van der Waals surface area contributed by atoms with E-state index < -0.39 is 5.97 Å². The average Bonchev–Trinajstić information content (AvgIpc) is 3.06. The fourth-order valence-electron chi connectivity index (χ4n) is 3.32. The topological polar surface area (TPSA) is 81.1 Å². The Balaban J connectivity index is 1.97. The highest BCUT2D eigenvalue weighted by Crippen LogP contribution is 2.26. The van der Waals surface area contributed by atoms with Crippen LogP contribution in [0.1, 0.15) is 38.5 Å². The van der Waals surface area contributed by atoms with Gasteiger partial charge in [0.15, 0.2) is 0 Å². The van der Waals surface area contributed by atoms with E-state index in [-0.39, 0.29) is 25.2 Å². The lowest BCUT2D eigenvalue weighted by Crippen LogP contribution is -2.48. The number of aliphatic hydroxyl groups excluding tert-OH is 1. The molecule has 0 radical (unpaired) electrons. The predicted octanol–water partition coefficient (Wildman–Crippen LogP) is 1.14. The van der Waals surface area contributed by atoms with E-state index in [1.807, 2.05) is 0 Å². The molecular formula is C14H24N2O4. The van der Waals surface area contributed by atoms with E-state index in [0.717, 1.165) is 32.1 Å². The highest BCUT2D eigenvalue weighted by Gasteiger charge is 2.34. The summed E-state index contributed by atoms with van der Waals surface area (Å²) in [4.78, 5) is 26.8. The molecule has 2 aliphatic rings. The number of likely N-dealkylation sites (tertiary alicyclic amines) is 1. The summed E-state index contributed by atoms with van der Waals surface area (Å²) in [7, 11) is 0. The first-order valence-electron chi connectivity index (χ1n) is 7.50. The Hall–Kier alpha value is -1.30. The Morgan fingerprint density at radius 2 is 1.90 bits per heavy atom. The third-order valence-corrected chi connectivity index (χ3v) is 4.41. The van der Waals surface area contributed by atoms with Crippen LogP contribution in [0.4, 0.5) is 4.79 Å². The van der Waals surface area contributed by atoms with Crippen LogP contribution >= 0.6 is 0 Å². The number of hydrogen-bond acceptors (Lipinski definition) is 3. The smallest absolute Gasteiger partial charge is 0.323 e. The molecule has 114 valence electrons. The minimum Gasteiger partial charge on any atom is -0.480 e. The van der Waals surface area contributed by atoms with Gasteiger partial charge in [0, 0.05) is 25.7 Å². The average molecular weight is 284 g/mol. The van der Waals surface area contributed by atoms with Crippen LogP contribution in [0.3, 0.4) is 0 Å². The highest BCUT2D eigenvalue weighted by molar-refractivity contribution is 5.80. The minimum absolute atomic E-state index is 0.0792. The van der Waals surface area contributed by atoms with Crippen LogP contribution in [0.15, 0.2) is 0 Å². The van der Waals surface area contributed by atoms with Gasteiger partial charge in [0.25, 0.3) is 0 Å². The molecule has 1 aliphatic carbocycles. The Kier molecular flexibility index (Phi) is 5.23. The third-order valence-electron chi connectivity index (χ3n) is 4.41. The molecule has 1 unspecified atom stereocenters. The zero-order valence-corrected chi connectivity index (χ0v) is 11.8. The molecule has 0 spiro atoms. The largest absolute Gasteiger partial charge is 0.480 e. The maximum absolute atomic E-state index is 12.5. The van der Waals surface area contributed by atoms with Gasteiger partial charge in [0.05, 0.1) is 0 Å². The van der Waals surface area contributed by atoms with Gasteiger partial charge in [0.2, 0.25) is 0 Å². The van der Waals surface area contributed by atoms with Gasteiger partial charge in [-0.3, -0.25) is 4.79 Å². The van der Waals surface area contributed by atoms with Crippen molar-refractivity contribution in [2.45, 2.75) is 44.6 Å². The number of aliphatic hydroxyl groups is 1. The molecule has 2 amide bonds. The zero-order chi connectivity index (χ0) is 14.5. The number of carbonyl (C=O) groups excluding carboxylic acids is 1. The number of nitrogens with zero attached hydrogens (tertiary/aromatic N) is 2. The molecule has 1 atom stereocenters. The molecule has 1 saturated heterocycles. The lowest BCUT2D eigenvalue weighted by Gasteiger charge is -2.31. The summed E-state index contributed by atoms with van der Waals surface area (Å²) in [5.74, 6) is -0.601. The molecule has 6 heteroatoms. The molecule has 0 bridgehead atoms. The first kappa shape index (κ1) is 15.1. The maximum atomic E-state index is 12.5. The second-order valence-electron chi connectivity index (χ2n) is 5.86. The number of hydrogen-bond donors (Lipinski definition) is 2. The summed E-state index contributed by atoms with van der Waals surface area (Å²) in [5, 5.41) is 18.0. The van der Waals surface area contributed by atoms with Crippen molar-refractivity contribution in [3.8, 4) is 0 Å². The summed E-state index contributed by atoms with van der Waals surface area (Å²) in [6.45, 7) is 1.26. The van der Waals surface area contributed by atoms with Crippen LogP contribution in [0.5, 0.6) is 0 Å². The number of carboxylic acid groups (broad SMARTS) is 1. The van der Waals surface area contributed by atoms with Gasteiger partial charge in [-0.05, 0) is 31.6 Å². The van der Waals surface area contributed by atoms with Gasteiger partial charge in [-0.2, -0.15) is 0 Å². The van der Waals surface area contributed by atoms with Gasteiger partial charge in [-0.1, -0.05) is 12.8 Å². The van der Waals surface area contributed by atoms with Crippen molar-refractivity contribution < 1.29 is 19.8 Å². The summed E-state index contributed by atoms with van der Waals surface area (Å²) < 4.78 is 0. The standard InChI is InChI=1S/C14H24N2O4/c17-8-6-11-5-7-15(9-11)14(20)16(10-13(18)19)12-3-1-2-4-12/h11-12,17H,1-10H2,(H,18,19). The number of carbonyl (C=O) groups is 2. The zero-order valence-electron chi connectivity index (χ0n) is 11.8. The molecule has 2 fully saturated rings. The number of amides is 2. The minimum atomic E-state index is -0.948. The molecule has 0 aromatic rings. The summed E-state index contributed by atoms with van der Waals surface area (Å²) in [5.41, 5.74) is 0. The van der Waals surface area contributed by atoms with Gasteiger partial charge >= 0.3 is 12.0 Å². The number of carboxylic acids is 1. The second-order valence-corrected chi connectivity index (χ2v) is 5.86. The van der Waals surface area contributed by atoms with Crippen LogP contribution < -0.4 is 0 Å². The van der Waals surface area contributed by atoms with Crippen LogP contribution in [0.25, 0.3) is 0 Å². The summed E-state index contributed by atoms with van der Waals surface area (Å²) in [6, 6.07) is -0.0600. The number of aliphatic carboxylic acids is 1. The molecule has 1 heterocycles. The van der Waals surface area contributed by atoms with Crippen LogP contribution in [-0.2, 0) is 4.79 Å². The van der Waals surface area contributed by atoms with Gasteiger partial charge in [-0.15, -0.1) is 0 Å². The molecule has 2 N–H and O–H groups in total. The van der Waals surface area contributed by atoms with Crippen molar-refractivity contribution in [2.24, 2.45) is 5.92 Å². The molecule has 1 aliphatic heterocycles. The summed E-state index contributed by atoms with van der Waals surface area (Å²) in [6.07, 6.45) is 5.58. The highest BCUT2D eigenvalue weighted by atomic mass is 16.4. The molecule has 2 rings (SSSR count). The lowest BCUT2D eigenvalue weighted by molar-refractivity contribution is -0.138. The maximum Gasteiger partial charge on any atom is 0.323 e. The fourth-order valence-corrected chi connectivity index (χ4v) is 3.32. The normalized spacial score (nSPS) is 23.2. The van der Waals surface area contributed by atoms with E-state index in [1.54, 1.807) is 4.90 Å². The third kappa shape index (κ3) is 3.62. The molecule has 20 heavy (non-hydrogen) atoms. The fraction of sp³-hybridized carbons (Fsp3) is 0.857. The van der Waals surface area contributed by atoms with Crippen molar-refractivity contribution in [1.82, 2.24) is 9.80 Å². The van der Waals surface area contributed by atoms with Crippen molar-refractivity contribution in [3.63, 3.8) is 0 Å². The molecule has 1 saturated carbocycles. The monoisotopic (exact) mass is 284 g/mol. The Morgan fingerprint density at radius 3 is 2.50 bits per heavy atom. The lowest BCUT2D eigenvalue weighted by atomic mass is 10.1. The van der Waals surface area contributed by atoms with E-state index in [0.29, 0.717) is 25.4 Å². The molecular weight excluding hydrogens is 260 g/mol. The first-order chi connectivity index (χ1) is 9.61. The van der Waals surface area contributed by atoms with E-state index in [4.69, 9.17) is 10.2 Å². The van der Waals surface area contributed by atoms with E-state index >= 15 is 0 Å². The number of rotatable bonds is 5. The quantitative estimate of drug-likeness (QED) is 0.793. The van der Waals surface area contributed by atoms with Crippen LogP contribution in [-0.4, -0.2) is 64.3 Å². The Morgan fingerprint density at radius 1 is 1.20 bits per heavy atom. The van der Waals surface area contributed by atoms with Gasteiger partial charge in [0.1, 0.15) is 6.54 Å². The van der Waals surface area contributed by atoms with Crippen molar-refractivity contribution in [2.75, 3.05) is 26.2 Å². The molecule has 0 aromatic carbocycles. The van der Waals surface area contributed by atoms with Crippen molar-refractivity contribution >= 4 is 12.0 Å². The van der Waals surface area contributed by atoms with Gasteiger partial charge in [-0.25, -0.2) is 4.79 Å². The number of urea groups is 1. The SMILES string of the molecule is O=C(O)CN(C(=O)N1CCC(CCO)C1)C1CCCC1. The Labute approximate surface area is 119 Å². The molecule has 0 aromatic heterocycles. The van der Waals surface area contributed by atoms with Crippen LogP contribution in [0.2, 0.25) is 0 Å². The van der Waals surface area contributed by atoms with E-state index in [9.17, 15) is 9.59 Å². The van der Waals surface area contributed by atoms with Crippen molar-refractivity contribution in [3.05, 3.63) is 0 Å². The van der Waals surface area contributed by atoms with E-state index in [2.05, 4.69) is 0 Å². The Bertz CT molecular complexity index is 355. The predicted molar refractivity (Wildman–Crippen MR) is 73.4 cm³/mol. The van der Waals surface area contributed by atoms with Crippen LogP contribution in [0, 0.1) is 5.92 Å². The van der Waals surface area contributed by atoms with Gasteiger partial charge < -0.3 is 20.0 Å². The second kappa shape index (κ2) is 6.92. The van der Waals surface area contributed by atoms with Crippen molar-refractivity contribution in [1.29, 1.82) is 0 Å². The molecule has 6 nitrogen and oxygen atoms in total. The van der Waals surface area contributed by atoms with E-state index in [1.165, 1.54) is 4.90 Å². The summed E-state index contributed by atoms with van der Waals surface area (Å²) >= 11 is 0. The first-order valence-corrected chi connectivity index (χ1v) is 7.50.